The van der Waals surface area contributed by atoms with Gasteiger partial charge in [0.25, 0.3) is 5.88 Å². The van der Waals surface area contributed by atoms with Gasteiger partial charge < -0.3 is 14.8 Å². The fourth-order valence-corrected chi connectivity index (χ4v) is 2.10. The highest BCUT2D eigenvalue weighted by atomic mass is 79.9. The minimum Gasteiger partial charge on any atom is -0.489 e. The number of aryl methyl sites for hydroxylation is 2. The van der Waals surface area contributed by atoms with Gasteiger partial charge in [0, 0.05) is 11.5 Å². The normalized spacial score (nSPS) is 10.2. The second kappa shape index (κ2) is 6.09. The molecule has 6 heteroatoms. The topological polar surface area (TPSA) is 56.3 Å². The van der Waals surface area contributed by atoms with Crippen molar-refractivity contribution in [1.29, 1.82) is 0 Å². The average molecular weight is 338 g/mol. The Kier molecular flexibility index (Phi) is 4.44. The Morgan fingerprint density at radius 1 is 1.15 bits per heavy atom. The minimum atomic E-state index is 0.382. The summed E-state index contributed by atoms with van der Waals surface area (Å²) in [5, 5.41) is 2.94. The number of rotatable bonds is 4. The van der Waals surface area contributed by atoms with E-state index in [-0.39, 0.29) is 0 Å². The lowest BCUT2D eigenvalue weighted by molar-refractivity contribution is 0.369. The molecule has 0 spiro atoms. The molecule has 20 heavy (non-hydrogen) atoms. The molecular weight excluding hydrogens is 322 g/mol. The lowest BCUT2D eigenvalue weighted by atomic mass is 10.1. The molecule has 0 saturated heterocycles. The van der Waals surface area contributed by atoms with Crippen molar-refractivity contribution in [3.8, 4) is 17.4 Å². The molecule has 0 aliphatic carbocycles. The van der Waals surface area contributed by atoms with Crippen LogP contribution in [0.1, 0.15) is 11.1 Å². The Morgan fingerprint density at radius 2 is 1.80 bits per heavy atom. The first-order valence-electron chi connectivity index (χ1n) is 6.08. The fourth-order valence-electron chi connectivity index (χ4n) is 1.87. The number of nitrogens with one attached hydrogen (secondary N) is 1. The molecule has 2 aromatic rings. The first kappa shape index (κ1) is 14.6. The van der Waals surface area contributed by atoms with Crippen molar-refractivity contribution < 1.29 is 9.47 Å². The van der Waals surface area contributed by atoms with Crippen LogP contribution in [-0.2, 0) is 0 Å². The van der Waals surface area contributed by atoms with Gasteiger partial charge in [-0.2, -0.15) is 4.98 Å². The van der Waals surface area contributed by atoms with Gasteiger partial charge in [0.05, 0.1) is 7.11 Å². The zero-order valence-corrected chi connectivity index (χ0v) is 13.4. The van der Waals surface area contributed by atoms with Crippen LogP contribution < -0.4 is 14.8 Å². The number of nitrogens with zero attached hydrogens (tertiary/aromatic N) is 2. The van der Waals surface area contributed by atoms with Crippen molar-refractivity contribution in [3.63, 3.8) is 0 Å². The zero-order valence-electron chi connectivity index (χ0n) is 11.8. The smallest absolute Gasteiger partial charge is 0.268 e. The summed E-state index contributed by atoms with van der Waals surface area (Å²) in [6.07, 6.45) is 1.43. The summed E-state index contributed by atoms with van der Waals surface area (Å²) in [4.78, 5) is 8.21. The molecule has 0 saturated carbocycles. The Morgan fingerprint density at radius 3 is 2.35 bits per heavy atom. The maximum atomic E-state index is 5.82. The summed E-state index contributed by atoms with van der Waals surface area (Å²) in [5.74, 6) is 2.16. The predicted octanol–water partition coefficient (Wildman–Crippen LogP) is 3.70. The highest BCUT2D eigenvalue weighted by Gasteiger charge is 2.14. The van der Waals surface area contributed by atoms with Crippen LogP contribution in [0.3, 0.4) is 0 Å². The molecule has 0 aliphatic heterocycles. The SMILES string of the molecule is CNc1ncnc(Oc2cc(C)c(Br)c(C)c2)c1OC. The number of hydrogen-bond acceptors (Lipinski definition) is 5. The van der Waals surface area contributed by atoms with E-state index in [0.29, 0.717) is 23.2 Å². The van der Waals surface area contributed by atoms with Crippen LogP contribution in [0.2, 0.25) is 0 Å². The van der Waals surface area contributed by atoms with Gasteiger partial charge in [0.1, 0.15) is 12.1 Å². The molecule has 0 fully saturated rings. The van der Waals surface area contributed by atoms with Crippen molar-refractivity contribution in [2.24, 2.45) is 0 Å². The summed E-state index contributed by atoms with van der Waals surface area (Å²) < 4.78 is 12.2. The van der Waals surface area contributed by atoms with E-state index in [2.05, 4.69) is 31.2 Å². The molecule has 2 rings (SSSR count). The van der Waals surface area contributed by atoms with E-state index in [4.69, 9.17) is 9.47 Å². The van der Waals surface area contributed by atoms with Crippen LogP contribution in [0.4, 0.5) is 5.82 Å². The van der Waals surface area contributed by atoms with Crippen molar-refractivity contribution in [3.05, 3.63) is 34.1 Å². The van der Waals surface area contributed by atoms with E-state index in [9.17, 15) is 0 Å². The summed E-state index contributed by atoms with van der Waals surface area (Å²) in [6, 6.07) is 3.88. The first-order valence-corrected chi connectivity index (χ1v) is 6.87. The third-order valence-electron chi connectivity index (χ3n) is 2.84. The van der Waals surface area contributed by atoms with Crippen LogP contribution in [0, 0.1) is 13.8 Å². The Balaban J connectivity index is 2.40. The molecule has 0 atom stereocenters. The third-order valence-corrected chi connectivity index (χ3v) is 4.09. The maximum absolute atomic E-state index is 5.82. The standard InChI is InChI=1S/C14H16BrN3O2/c1-8-5-10(6-9(2)11(8)15)20-14-12(19-4)13(16-3)17-7-18-14/h5-7H,1-4H3,(H,16,17,18). The van der Waals surface area contributed by atoms with Gasteiger partial charge in [-0.15, -0.1) is 0 Å². The van der Waals surface area contributed by atoms with Gasteiger partial charge in [0.15, 0.2) is 5.82 Å². The van der Waals surface area contributed by atoms with Crippen LogP contribution in [-0.4, -0.2) is 24.1 Å². The average Bonchev–Trinajstić information content (AvgIpc) is 2.44. The van der Waals surface area contributed by atoms with E-state index >= 15 is 0 Å². The van der Waals surface area contributed by atoms with Crippen molar-refractivity contribution in [2.45, 2.75) is 13.8 Å². The molecule has 1 aromatic carbocycles. The molecule has 5 nitrogen and oxygen atoms in total. The predicted molar refractivity (Wildman–Crippen MR) is 81.8 cm³/mol. The van der Waals surface area contributed by atoms with Gasteiger partial charge in [-0.3, -0.25) is 0 Å². The second-order valence-corrected chi connectivity index (χ2v) is 5.08. The number of anilines is 1. The lowest BCUT2D eigenvalue weighted by Crippen LogP contribution is -2.01. The number of benzene rings is 1. The molecule has 0 unspecified atom stereocenters. The van der Waals surface area contributed by atoms with E-state index in [1.54, 1.807) is 14.2 Å². The molecule has 0 bridgehead atoms. The second-order valence-electron chi connectivity index (χ2n) is 4.28. The molecule has 1 heterocycles. The molecule has 1 aromatic heterocycles. The number of hydrogen-bond donors (Lipinski definition) is 1. The summed E-state index contributed by atoms with van der Waals surface area (Å²) in [7, 11) is 3.33. The van der Waals surface area contributed by atoms with E-state index < -0.39 is 0 Å². The fraction of sp³-hybridized carbons (Fsp3) is 0.286. The molecule has 0 amide bonds. The van der Waals surface area contributed by atoms with E-state index in [1.165, 1.54) is 6.33 Å². The quantitative estimate of drug-likeness (QED) is 0.921. The monoisotopic (exact) mass is 337 g/mol. The number of ether oxygens (including phenoxy) is 2. The number of halogens is 1. The zero-order chi connectivity index (χ0) is 14.7. The molecule has 106 valence electrons. The summed E-state index contributed by atoms with van der Waals surface area (Å²) >= 11 is 3.53. The van der Waals surface area contributed by atoms with Crippen molar-refractivity contribution >= 4 is 21.7 Å². The first-order chi connectivity index (χ1) is 9.56. The summed E-state index contributed by atoms with van der Waals surface area (Å²) in [5.41, 5.74) is 2.20. The summed E-state index contributed by atoms with van der Waals surface area (Å²) in [6.45, 7) is 4.03. The van der Waals surface area contributed by atoms with Gasteiger partial charge in [0.2, 0.25) is 5.75 Å². The number of methoxy groups -OCH3 is 1. The van der Waals surface area contributed by atoms with Crippen molar-refractivity contribution in [1.82, 2.24) is 9.97 Å². The van der Waals surface area contributed by atoms with Crippen molar-refractivity contribution in [2.75, 3.05) is 19.5 Å². The Labute approximate surface area is 126 Å². The Bertz CT molecular complexity index is 609. The maximum Gasteiger partial charge on any atom is 0.268 e. The molecular formula is C14H16BrN3O2. The Hall–Kier alpha value is -1.82. The lowest BCUT2D eigenvalue weighted by Gasteiger charge is -2.13. The third kappa shape index (κ3) is 2.85. The molecule has 0 aliphatic rings. The van der Waals surface area contributed by atoms with Crippen LogP contribution in [0.15, 0.2) is 22.9 Å². The molecule has 0 radical (unpaired) electrons. The molecule has 1 N–H and O–H groups in total. The van der Waals surface area contributed by atoms with Crippen LogP contribution in [0.25, 0.3) is 0 Å². The van der Waals surface area contributed by atoms with Crippen LogP contribution in [0.5, 0.6) is 17.4 Å². The minimum absolute atomic E-state index is 0.382. The van der Waals surface area contributed by atoms with E-state index in [0.717, 1.165) is 15.6 Å². The van der Waals surface area contributed by atoms with Crippen LogP contribution >= 0.6 is 15.9 Å². The van der Waals surface area contributed by atoms with Gasteiger partial charge >= 0.3 is 0 Å². The number of aromatic nitrogens is 2. The highest BCUT2D eigenvalue weighted by Crippen LogP contribution is 2.35. The largest absolute Gasteiger partial charge is 0.489 e. The van der Waals surface area contributed by atoms with Gasteiger partial charge in [-0.05, 0) is 37.1 Å². The van der Waals surface area contributed by atoms with Gasteiger partial charge in [-0.25, -0.2) is 4.98 Å². The van der Waals surface area contributed by atoms with Gasteiger partial charge in [-0.1, -0.05) is 15.9 Å². The van der Waals surface area contributed by atoms with E-state index in [1.807, 2.05) is 26.0 Å². The highest BCUT2D eigenvalue weighted by molar-refractivity contribution is 9.10.